The maximum Gasteiger partial charge on any atom is 0.0844 e. The molecular weight excluding hydrogens is 280 g/mol. The first-order valence-electron chi connectivity index (χ1n) is 8.02. The second kappa shape index (κ2) is 7.34. The van der Waals surface area contributed by atoms with Gasteiger partial charge in [-0.2, -0.15) is 0 Å². The Bertz CT molecular complexity index is 459. The van der Waals surface area contributed by atoms with Gasteiger partial charge in [0.2, 0.25) is 0 Å². The molecule has 1 heterocycles. The van der Waals surface area contributed by atoms with Crippen LogP contribution in [0.4, 0.5) is 5.69 Å². The van der Waals surface area contributed by atoms with Crippen molar-refractivity contribution in [3.8, 4) is 0 Å². The van der Waals surface area contributed by atoms with Crippen LogP contribution in [0.1, 0.15) is 25.7 Å². The van der Waals surface area contributed by atoms with Crippen LogP contribution in [0.3, 0.4) is 0 Å². The number of hydrogen-bond donors (Lipinski definition) is 1. The summed E-state index contributed by atoms with van der Waals surface area (Å²) in [6, 6.07) is 10.9. The van der Waals surface area contributed by atoms with E-state index in [2.05, 4.69) is 22.3 Å². The second-order valence-corrected chi connectivity index (χ2v) is 6.40. The largest absolute Gasteiger partial charge is 0.379 e. The fourth-order valence-corrected chi connectivity index (χ4v) is 3.91. The molecule has 0 bridgehead atoms. The summed E-state index contributed by atoms with van der Waals surface area (Å²) >= 11 is 5.73. The third-order valence-electron chi connectivity index (χ3n) is 4.62. The first-order chi connectivity index (χ1) is 10.3. The van der Waals surface area contributed by atoms with Gasteiger partial charge in [0, 0.05) is 30.7 Å². The molecular formula is C17H24N2OS. The summed E-state index contributed by atoms with van der Waals surface area (Å²) in [5.74, 6) is 0.479. The van der Waals surface area contributed by atoms with Crippen molar-refractivity contribution in [1.29, 1.82) is 0 Å². The van der Waals surface area contributed by atoms with Gasteiger partial charge in [0.1, 0.15) is 0 Å². The summed E-state index contributed by atoms with van der Waals surface area (Å²) in [6.45, 7) is 3.83. The lowest BCUT2D eigenvalue weighted by Gasteiger charge is -2.42. The summed E-state index contributed by atoms with van der Waals surface area (Å²) in [5.41, 5.74) is 1.11. The zero-order chi connectivity index (χ0) is 14.5. The van der Waals surface area contributed by atoms with Gasteiger partial charge in [-0.25, -0.2) is 0 Å². The zero-order valence-electron chi connectivity index (χ0n) is 12.5. The quantitative estimate of drug-likeness (QED) is 0.866. The zero-order valence-corrected chi connectivity index (χ0v) is 13.3. The fraction of sp³-hybridized carbons (Fsp3) is 0.588. The summed E-state index contributed by atoms with van der Waals surface area (Å²) in [4.78, 5) is 3.60. The highest BCUT2D eigenvalue weighted by molar-refractivity contribution is 7.80. The van der Waals surface area contributed by atoms with E-state index in [9.17, 15) is 0 Å². The van der Waals surface area contributed by atoms with Crippen LogP contribution in [0, 0.1) is 5.92 Å². The Balaban J connectivity index is 1.66. The summed E-state index contributed by atoms with van der Waals surface area (Å²) in [5, 5.41) is 3.45. The molecule has 0 amide bonds. The molecule has 2 atom stereocenters. The number of benzene rings is 1. The Kier molecular flexibility index (Phi) is 5.22. The van der Waals surface area contributed by atoms with E-state index in [-0.39, 0.29) is 0 Å². The van der Waals surface area contributed by atoms with Crippen molar-refractivity contribution in [3.05, 3.63) is 30.3 Å². The number of nitrogens with one attached hydrogen (secondary N) is 1. The molecule has 1 aromatic carbocycles. The number of para-hydroxylation sites is 1. The van der Waals surface area contributed by atoms with Crippen molar-refractivity contribution in [3.63, 3.8) is 0 Å². The monoisotopic (exact) mass is 304 g/mol. The van der Waals surface area contributed by atoms with Gasteiger partial charge in [-0.1, -0.05) is 43.3 Å². The number of rotatable bonds is 3. The van der Waals surface area contributed by atoms with E-state index < -0.39 is 0 Å². The van der Waals surface area contributed by atoms with E-state index >= 15 is 0 Å². The van der Waals surface area contributed by atoms with Gasteiger partial charge in [0.15, 0.2) is 0 Å². The lowest BCUT2D eigenvalue weighted by atomic mass is 9.83. The van der Waals surface area contributed by atoms with Gasteiger partial charge >= 0.3 is 0 Å². The minimum absolute atomic E-state index is 0.479. The minimum atomic E-state index is 0.479. The predicted molar refractivity (Wildman–Crippen MR) is 90.8 cm³/mol. The highest BCUT2D eigenvalue weighted by atomic mass is 32.1. The Labute approximate surface area is 132 Å². The second-order valence-electron chi connectivity index (χ2n) is 5.96. The highest BCUT2D eigenvalue weighted by Gasteiger charge is 2.33. The van der Waals surface area contributed by atoms with Crippen molar-refractivity contribution in [2.75, 3.05) is 31.6 Å². The van der Waals surface area contributed by atoms with Crippen LogP contribution in [0.2, 0.25) is 0 Å². The standard InChI is InChI=1S/C17H24N2OS/c21-17(18-14-6-2-1-3-7-14)15-8-4-5-9-16(15)19-10-12-20-13-11-19/h1-3,6-7,15-16H,4-5,8-13H2,(H,18,21)/t15-,16-/m0/s1. The third kappa shape index (κ3) is 3.82. The topological polar surface area (TPSA) is 24.5 Å². The Morgan fingerprint density at radius 3 is 2.57 bits per heavy atom. The van der Waals surface area contributed by atoms with Gasteiger partial charge in [-0.3, -0.25) is 4.90 Å². The molecule has 1 saturated carbocycles. The number of ether oxygens (including phenoxy) is 1. The van der Waals surface area contributed by atoms with Crippen LogP contribution in [-0.4, -0.2) is 42.2 Å². The van der Waals surface area contributed by atoms with Crippen molar-refractivity contribution in [2.24, 2.45) is 5.92 Å². The molecule has 0 spiro atoms. The molecule has 21 heavy (non-hydrogen) atoms. The van der Waals surface area contributed by atoms with Gasteiger partial charge in [-0.15, -0.1) is 0 Å². The van der Waals surface area contributed by atoms with E-state index in [1.807, 2.05) is 18.2 Å². The van der Waals surface area contributed by atoms with Crippen molar-refractivity contribution < 1.29 is 4.74 Å². The number of morpholine rings is 1. The van der Waals surface area contributed by atoms with Crippen molar-refractivity contribution in [1.82, 2.24) is 4.90 Å². The molecule has 0 radical (unpaired) electrons. The predicted octanol–water partition coefficient (Wildman–Crippen LogP) is 3.32. The Hall–Kier alpha value is -0.970. The summed E-state index contributed by atoms with van der Waals surface area (Å²) in [6.07, 6.45) is 5.09. The number of hydrogen-bond acceptors (Lipinski definition) is 3. The lowest BCUT2D eigenvalue weighted by Crippen LogP contribution is -2.50. The third-order valence-corrected chi connectivity index (χ3v) is 5.03. The van der Waals surface area contributed by atoms with Crippen LogP contribution in [0.25, 0.3) is 0 Å². The van der Waals surface area contributed by atoms with E-state index in [0.717, 1.165) is 37.0 Å². The lowest BCUT2D eigenvalue weighted by molar-refractivity contribution is 0.00163. The molecule has 1 aliphatic heterocycles. The molecule has 2 fully saturated rings. The van der Waals surface area contributed by atoms with Crippen molar-refractivity contribution >= 4 is 22.9 Å². The molecule has 0 unspecified atom stereocenters. The molecule has 3 rings (SSSR count). The van der Waals surface area contributed by atoms with E-state index in [4.69, 9.17) is 17.0 Å². The SMILES string of the molecule is S=C(Nc1ccccc1)[C@H]1CCCC[C@@H]1N1CCOCC1. The molecule has 3 nitrogen and oxygen atoms in total. The maximum absolute atomic E-state index is 5.73. The Morgan fingerprint density at radius 2 is 1.81 bits per heavy atom. The van der Waals surface area contributed by atoms with Crippen LogP contribution in [0.5, 0.6) is 0 Å². The Morgan fingerprint density at radius 1 is 1.10 bits per heavy atom. The molecule has 1 aliphatic carbocycles. The van der Waals surface area contributed by atoms with Gasteiger partial charge in [0.25, 0.3) is 0 Å². The number of nitrogens with zero attached hydrogens (tertiary/aromatic N) is 1. The molecule has 1 N–H and O–H groups in total. The molecule has 114 valence electrons. The average Bonchev–Trinajstić information content (AvgIpc) is 2.56. The first-order valence-corrected chi connectivity index (χ1v) is 8.43. The molecule has 2 aliphatic rings. The minimum Gasteiger partial charge on any atom is -0.379 e. The maximum atomic E-state index is 5.73. The van der Waals surface area contributed by atoms with E-state index in [1.54, 1.807) is 0 Å². The number of thiocarbonyl (C=S) groups is 1. The molecule has 4 heteroatoms. The summed E-state index contributed by atoms with van der Waals surface area (Å²) in [7, 11) is 0. The van der Waals surface area contributed by atoms with Crippen LogP contribution >= 0.6 is 12.2 Å². The first kappa shape index (κ1) is 14.9. The van der Waals surface area contributed by atoms with Crippen LogP contribution in [-0.2, 0) is 4.74 Å². The summed E-state index contributed by atoms with van der Waals surface area (Å²) < 4.78 is 5.49. The van der Waals surface area contributed by atoms with E-state index in [0.29, 0.717) is 12.0 Å². The fourth-order valence-electron chi connectivity index (χ4n) is 3.52. The van der Waals surface area contributed by atoms with Crippen molar-refractivity contribution in [2.45, 2.75) is 31.7 Å². The van der Waals surface area contributed by atoms with Crippen LogP contribution < -0.4 is 5.32 Å². The van der Waals surface area contributed by atoms with Gasteiger partial charge in [-0.05, 0) is 25.0 Å². The number of anilines is 1. The van der Waals surface area contributed by atoms with E-state index in [1.165, 1.54) is 25.7 Å². The van der Waals surface area contributed by atoms with Gasteiger partial charge < -0.3 is 10.1 Å². The molecule has 0 aromatic heterocycles. The van der Waals surface area contributed by atoms with Gasteiger partial charge in [0.05, 0.1) is 18.2 Å². The van der Waals surface area contributed by atoms with Crippen LogP contribution in [0.15, 0.2) is 30.3 Å². The molecule has 1 saturated heterocycles. The smallest absolute Gasteiger partial charge is 0.0844 e. The highest BCUT2D eigenvalue weighted by Crippen LogP contribution is 2.30. The average molecular weight is 304 g/mol. The normalized spacial score (nSPS) is 27.2. The molecule has 1 aromatic rings.